The number of carbonyl (C=O) groups excluding carboxylic acids is 4. The highest BCUT2D eigenvalue weighted by molar-refractivity contribution is 6.76. The normalized spacial score (nSPS) is 13.9. The van der Waals surface area contributed by atoms with Gasteiger partial charge in [-0.1, -0.05) is 46.9 Å². The first-order chi connectivity index (χ1) is 10.2. The molecule has 22 heavy (non-hydrogen) atoms. The summed E-state index contributed by atoms with van der Waals surface area (Å²) in [5.41, 5.74) is 0.405. The van der Waals surface area contributed by atoms with Gasteiger partial charge in [0.15, 0.2) is 6.73 Å². The van der Waals surface area contributed by atoms with Gasteiger partial charge in [0.1, 0.15) is 0 Å². The summed E-state index contributed by atoms with van der Waals surface area (Å²) in [5.74, 6) is -2.44. The Hall–Kier alpha value is -1.83. The zero-order valence-electron chi connectivity index (χ0n) is 10.6. The third kappa shape index (κ3) is 3.32. The van der Waals surface area contributed by atoms with Gasteiger partial charge in [-0.25, -0.2) is 9.69 Å². The zero-order valence-corrected chi connectivity index (χ0v) is 12.9. The van der Waals surface area contributed by atoms with E-state index in [2.05, 4.69) is 4.74 Å². The number of nitrogens with one attached hydrogen (secondary N) is 1. The molecule has 0 fully saturated rings. The van der Waals surface area contributed by atoms with Crippen LogP contribution < -0.4 is 5.32 Å². The number of rotatable bonds is 2. The maximum absolute atomic E-state index is 12.0. The second-order valence-corrected chi connectivity index (χ2v) is 6.38. The van der Waals surface area contributed by atoms with Crippen molar-refractivity contribution in [2.24, 2.45) is 0 Å². The number of benzene rings is 1. The summed E-state index contributed by atoms with van der Waals surface area (Å²) in [6.45, 7) is -0.675. The molecule has 1 aromatic carbocycles. The summed E-state index contributed by atoms with van der Waals surface area (Å²) in [4.78, 5) is 47.2. The fraction of sp³-hybridized carbons (Fsp3) is 0.167. The summed E-state index contributed by atoms with van der Waals surface area (Å²) < 4.78 is 2.26. The third-order valence-corrected chi connectivity index (χ3v) is 3.19. The number of alkyl carbamates (subject to hydrolysis) is 1. The van der Waals surface area contributed by atoms with Crippen LogP contribution in [0.25, 0.3) is 0 Å². The van der Waals surface area contributed by atoms with Crippen molar-refractivity contribution in [3.8, 4) is 0 Å². The van der Waals surface area contributed by atoms with E-state index in [1.54, 1.807) is 17.4 Å². The molecule has 0 atom stereocenters. The van der Waals surface area contributed by atoms with Crippen molar-refractivity contribution in [2.45, 2.75) is 3.79 Å². The molecule has 0 aliphatic carbocycles. The largest absolute Gasteiger partial charge is 0.427 e. The van der Waals surface area contributed by atoms with Gasteiger partial charge in [0, 0.05) is 0 Å². The Morgan fingerprint density at radius 1 is 1.09 bits per heavy atom. The third-order valence-electron chi connectivity index (χ3n) is 2.68. The number of carbonyl (C=O) groups is 4. The molecule has 116 valence electrons. The Bertz CT molecular complexity index is 636. The number of amides is 4. The van der Waals surface area contributed by atoms with Crippen LogP contribution in [0, 0.1) is 0 Å². The standard InChI is InChI=1S/C12H7Cl3N2O5/c13-12(14,15)10(20)16-11(21)22-5-17-8(18)6-3-1-2-4-7(6)9(17)19/h1-4H,5H2,(H,16,20,21). The summed E-state index contributed by atoms with van der Waals surface area (Å²) in [6, 6.07) is 6.14. The maximum Gasteiger partial charge on any atom is 0.415 e. The number of nitrogens with zero attached hydrogens (tertiary/aromatic N) is 1. The van der Waals surface area contributed by atoms with Crippen LogP contribution in [-0.2, 0) is 9.53 Å². The van der Waals surface area contributed by atoms with Gasteiger partial charge >= 0.3 is 6.09 Å². The predicted octanol–water partition coefficient (Wildman–Crippen LogP) is 1.86. The molecular weight excluding hydrogens is 359 g/mol. The molecule has 1 aliphatic rings. The molecule has 7 nitrogen and oxygen atoms in total. The molecule has 1 N–H and O–H groups in total. The maximum atomic E-state index is 12.0. The Morgan fingerprint density at radius 3 is 2.05 bits per heavy atom. The van der Waals surface area contributed by atoms with E-state index >= 15 is 0 Å². The van der Waals surface area contributed by atoms with Gasteiger partial charge in [-0.3, -0.25) is 19.7 Å². The molecule has 0 unspecified atom stereocenters. The Kier molecular flexibility index (Phi) is 4.60. The SMILES string of the molecule is O=C(NC(=O)C(Cl)(Cl)Cl)OCN1C(=O)c2ccccc2C1=O. The highest BCUT2D eigenvalue weighted by Crippen LogP contribution is 2.26. The van der Waals surface area contributed by atoms with Gasteiger partial charge in [0.25, 0.3) is 21.5 Å². The average molecular weight is 366 g/mol. The lowest BCUT2D eigenvalue weighted by atomic mass is 10.1. The van der Waals surface area contributed by atoms with E-state index < -0.39 is 34.3 Å². The second kappa shape index (κ2) is 6.12. The van der Waals surface area contributed by atoms with E-state index in [1.165, 1.54) is 12.1 Å². The van der Waals surface area contributed by atoms with Crippen LogP contribution in [0.5, 0.6) is 0 Å². The molecule has 0 radical (unpaired) electrons. The molecule has 1 aromatic rings. The van der Waals surface area contributed by atoms with Gasteiger partial charge in [-0.15, -0.1) is 0 Å². The van der Waals surface area contributed by atoms with Crippen LogP contribution in [0.2, 0.25) is 0 Å². The van der Waals surface area contributed by atoms with Crippen molar-refractivity contribution in [1.29, 1.82) is 0 Å². The second-order valence-electron chi connectivity index (χ2n) is 4.10. The van der Waals surface area contributed by atoms with Crippen molar-refractivity contribution < 1.29 is 23.9 Å². The smallest absolute Gasteiger partial charge is 0.415 e. The first-order valence-electron chi connectivity index (χ1n) is 5.72. The predicted molar refractivity (Wildman–Crippen MR) is 76.7 cm³/mol. The first-order valence-corrected chi connectivity index (χ1v) is 6.85. The molecule has 4 amide bonds. The lowest BCUT2D eigenvalue weighted by Gasteiger charge is -2.15. The minimum Gasteiger partial charge on any atom is -0.427 e. The number of alkyl halides is 3. The zero-order chi connectivity index (χ0) is 16.5. The Labute approximate surface area is 139 Å². The summed E-state index contributed by atoms with van der Waals surface area (Å²) >= 11 is 15.8. The van der Waals surface area contributed by atoms with E-state index in [4.69, 9.17) is 34.8 Å². The van der Waals surface area contributed by atoms with Crippen LogP contribution in [0.3, 0.4) is 0 Å². The van der Waals surface area contributed by atoms with E-state index in [0.717, 1.165) is 0 Å². The average Bonchev–Trinajstić information content (AvgIpc) is 2.68. The molecule has 0 aromatic heterocycles. The summed E-state index contributed by atoms with van der Waals surface area (Å²) in [5, 5.41) is 1.65. The first kappa shape index (κ1) is 16.5. The number of imide groups is 2. The highest BCUT2D eigenvalue weighted by atomic mass is 35.6. The van der Waals surface area contributed by atoms with E-state index in [-0.39, 0.29) is 11.1 Å². The summed E-state index contributed by atoms with van der Waals surface area (Å²) in [7, 11) is 0. The van der Waals surface area contributed by atoms with E-state index in [0.29, 0.717) is 4.90 Å². The molecule has 0 spiro atoms. The fourth-order valence-corrected chi connectivity index (χ4v) is 1.82. The van der Waals surface area contributed by atoms with Gasteiger partial charge in [-0.05, 0) is 12.1 Å². The van der Waals surface area contributed by atoms with Crippen LogP contribution >= 0.6 is 34.8 Å². The number of fused-ring (bicyclic) bond motifs is 1. The quantitative estimate of drug-likeness (QED) is 0.638. The van der Waals surface area contributed by atoms with Crippen LogP contribution in [-0.4, -0.2) is 39.2 Å². The van der Waals surface area contributed by atoms with Crippen molar-refractivity contribution in [1.82, 2.24) is 10.2 Å². The number of hydrogen-bond donors (Lipinski definition) is 1. The molecule has 1 heterocycles. The minimum absolute atomic E-state index is 0.203. The van der Waals surface area contributed by atoms with E-state index in [1.807, 2.05) is 0 Å². The van der Waals surface area contributed by atoms with Crippen molar-refractivity contribution >= 4 is 58.6 Å². The van der Waals surface area contributed by atoms with Crippen molar-refractivity contribution in [3.63, 3.8) is 0 Å². The monoisotopic (exact) mass is 364 g/mol. The molecule has 0 bridgehead atoms. The van der Waals surface area contributed by atoms with Crippen LogP contribution in [0.4, 0.5) is 4.79 Å². The van der Waals surface area contributed by atoms with Crippen LogP contribution in [0.1, 0.15) is 20.7 Å². The number of ether oxygens (including phenoxy) is 1. The lowest BCUT2D eigenvalue weighted by Crippen LogP contribution is -2.41. The Morgan fingerprint density at radius 2 is 1.59 bits per heavy atom. The van der Waals surface area contributed by atoms with Gasteiger partial charge in [-0.2, -0.15) is 0 Å². The lowest BCUT2D eigenvalue weighted by molar-refractivity contribution is -0.119. The molecule has 2 rings (SSSR count). The minimum atomic E-state index is -2.34. The van der Waals surface area contributed by atoms with E-state index in [9.17, 15) is 19.2 Å². The van der Waals surface area contributed by atoms with Crippen LogP contribution in [0.15, 0.2) is 24.3 Å². The van der Waals surface area contributed by atoms with Crippen molar-refractivity contribution in [3.05, 3.63) is 35.4 Å². The topological polar surface area (TPSA) is 92.8 Å². The highest BCUT2D eigenvalue weighted by Gasteiger charge is 2.36. The molecular formula is C12H7Cl3N2O5. The van der Waals surface area contributed by atoms with Gasteiger partial charge < -0.3 is 4.74 Å². The Balaban J connectivity index is 1.96. The molecule has 1 aliphatic heterocycles. The van der Waals surface area contributed by atoms with Crippen molar-refractivity contribution in [2.75, 3.05) is 6.73 Å². The van der Waals surface area contributed by atoms with Gasteiger partial charge in [0.2, 0.25) is 0 Å². The summed E-state index contributed by atoms with van der Waals surface area (Å²) in [6.07, 6.45) is -1.26. The fourth-order valence-electron chi connectivity index (χ4n) is 1.68. The molecule has 10 heteroatoms. The number of halogens is 3. The molecule has 0 saturated heterocycles. The molecule has 0 saturated carbocycles. The van der Waals surface area contributed by atoms with Gasteiger partial charge in [0.05, 0.1) is 11.1 Å². The number of hydrogen-bond acceptors (Lipinski definition) is 5.